The summed E-state index contributed by atoms with van der Waals surface area (Å²) in [7, 11) is 0. The Kier molecular flexibility index (Phi) is 10.2. The van der Waals surface area contributed by atoms with E-state index in [2.05, 4.69) is 6.58 Å². The van der Waals surface area contributed by atoms with Gasteiger partial charge in [0.25, 0.3) is 0 Å². The lowest BCUT2D eigenvalue weighted by atomic mass is 9.99. The molecular weight excluding hydrogens is 456 g/mol. The first-order valence-corrected chi connectivity index (χ1v) is 11.9. The number of benzene rings is 2. The maximum Gasteiger partial charge on any atom is 0.303 e. The van der Waals surface area contributed by atoms with E-state index in [4.69, 9.17) is 23.7 Å². The number of ether oxygens (including phenoxy) is 5. The molecular formula is C26H30O7S. The van der Waals surface area contributed by atoms with Gasteiger partial charge < -0.3 is 23.7 Å². The van der Waals surface area contributed by atoms with Gasteiger partial charge in [-0.25, -0.2) is 0 Å². The van der Waals surface area contributed by atoms with Crippen molar-refractivity contribution in [2.45, 2.75) is 55.2 Å². The van der Waals surface area contributed by atoms with Gasteiger partial charge in [0.1, 0.15) is 30.4 Å². The van der Waals surface area contributed by atoms with Crippen LogP contribution in [0.5, 0.6) is 0 Å². The fourth-order valence-electron chi connectivity index (χ4n) is 3.59. The molecule has 0 N–H and O–H groups in total. The van der Waals surface area contributed by atoms with Crippen LogP contribution in [-0.4, -0.2) is 55.0 Å². The van der Waals surface area contributed by atoms with Gasteiger partial charge in [-0.15, -0.1) is 6.58 Å². The maximum absolute atomic E-state index is 12.0. The molecule has 5 atom stereocenters. The molecule has 1 aliphatic heterocycles. The van der Waals surface area contributed by atoms with E-state index in [1.807, 2.05) is 60.7 Å². The number of carbonyl (C=O) groups is 2. The van der Waals surface area contributed by atoms with Crippen molar-refractivity contribution in [3.05, 3.63) is 78.9 Å². The van der Waals surface area contributed by atoms with Crippen molar-refractivity contribution in [1.82, 2.24) is 0 Å². The number of hydrogen-bond acceptors (Lipinski definition) is 8. The summed E-state index contributed by atoms with van der Waals surface area (Å²) >= 11 is 1.46. The lowest BCUT2D eigenvalue weighted by Gasteiger charge is -2.45. The van der Waals surface area contributed by atoms with Crippen LogP contribution in [0.25, 0.3) is 0 Å². The molecule has 1 fully saturated rings. The average molecular weight is 487 g/mol. The van der Waals surface area contributed by atoms with Crippen LogP contribution in [0.4, 0.5) is 0 Å². The molecule has 0 unspecified atom stereocenters. The molecule has 0 bridgehead atoms. The first-order chi connectivity index (χ1) is 16.5. The summed E-state index contributed by atoms with van der Waals surface area (Å²) in [5.74, 6) is -0.949. The monoisotopic (exact) mass is 486 g/mol. The van der Waals surface area contributed by atoms with Crippen molar-refractivity contribution < 1.29 is 33.3 Å². The smallest absolute Gasteiger partial charge is 0.303 e. The second-order valence-corrected chi connectivity index (χ2v) is 8.87. The second-order valence-electron chi connectivity index (χ2n) is 7.70. The molecule has 1 heterocycles. The van der Waals surface area contributed by atoms with Crippen LogP contribution in [0.2, 0.25) is 0 Å². The lowest BCUT2D eigenvalue weighted by Crippen LogP contribution is -2.60. The quantitative estimate of drug-likeness (QED) is 0.346. The Morgan fingerprint density at radius 2 is 1.62 bits per heavy atom. The minimum absolute atomic E-state index is 0.0848. The highest BCUT2D eigenvalue weighted by atomic mass is 32.2. The first kappa shape index (κ1) is 26.0. The van der Waals surface area contributed by atoms with Gasteiger partial charge in [-0.1, -0.05) is 66.4 Å². The van der Waals surface area contributed by atoms with E-state index in [0.717, 1.165) is 10.5 Å². The molecule has 7 nitrogen and oxygen atoms in total. The Morgan fingerprint density at radius 1 is 0.941 bits per heavy atom. The Morgan fingerprint density at radius 3 is 2.24 bits per heavy atom. The molecule has 0 amide bonds. The van der Waals surface area contributed by atoms with Gasteiger partial charge >= 0.3 is 11.9 Å². The van der Waals surface area contributed by atoms with E-state index in [1.165, 1.54) is 25.6 Å². The summed E-state index contributed by atoms with van der Waals surface area (Å²) in [6, 6.07) is 19.4. The lowest BCUT2D eigenvalue weighted by molar-refractivity contribution is -0.243. The van der Waals surface area contributed by atoms with Crippen LogP contribution >= 0.6 is 11.8 Å². The highest BCUT2D eigenvalue weighted by molar-refractivity contribution is 7.99. The van der Waals surface area contributed by atoms with Crippen LogP contribution in [0.15, 0.2) is 78.2 Å². The zero-order chi connectivity index (χ0) is 24.3. The number of thioether (sulfide) groups is 1. The SMILES string of the molecule is C=CCO[C@@H]1[C@@H](OCc2ccccc2)[C@H](OC(C)=O)[C@@H](COC(C)=O)O[C@H]1Sc1ccccc1. The van der Waals surface area contributed by atoms with Crippen molar-refractivity contribution in [3.8, 4) is 0 Å². The van der Waals surface area contributed by atoms with Crippen molar-refractivity contribution >= 4 is 23.7 Å². The molecule has 0 radical (unpaired) electrons. The molecule has 34 heavy (non-hydrogen) atoms. The van der Waals surface area contributed by atoms with E-state index >= 15 is 0 Å². The van der Waals surface area contributed by atoms with Crippen molar-refractivity contribution in [2.75, 3.05) is 13.2 Å². The summed E-state index contributed by atoms with van der Waals surface area (Å²) in [5.41, 5.74) is 0.442. The molecule has 2 aromatic rings. The summed E-state index contributed by atoms with van der Waals surface area (Å²) in [6.45, 7) is 6.84. The Labute approximate surface area is 204 Å². The highest BCUT2D eigenvalue weighted by Gasteiger charge is 2.50. The normalized spacial score (nSPS) is 24.2. The number of carbonyl (C=O) groups excluding carboxylic acids is 2. The van der Waals surface area contributed by atoms with Gasteiger partial charge in [-0.2, -0.15) is 0 Å². The minimum Gasteiger partial charge on any atom is -0.463 e. The van der Waals surface area contributed by atoms with Crippen LogP contribution in [0, 0.1) is 0 Å². The van der Waals surface area contributed by atoms with E-state index < -0.39 is 41.8 Å². The molecule has 8 heteroatoms. The van der Waals surface area contributed by atoms with Gasteiger partial charge in [0.15, 0.2) is 6.10 Å². The van der Waals surface area contributed by atoms with Crippen molar-refractivity contribution in [3.63, 3.8) is 0 Å². The molecule has 0 saturated carbocycles. The second kappa shape index (κ2) is 13.3. The fraction of sp³-hybridized carbons (Fsp3) is 0.385. The zero-order valence-corrected chi connectivity index (χ0v) is 20.1. The Hall–Kier alpha value is -2.65. The van der Waals surface area contributed by atoms with Crippen molar-refractivity contribution in [1.29, 1.82) is 0 Å². The fourth-order valence-corrected chi connectivity index (χ4v) is 4.73. The largest absolute Gasteiger partial charge is 0.463 e. The van der Waals surface area contributed by atoms with E-state index in [-0.39, 0.29) is 19.8 Å². The van der Waals surface area contributed by atoms with Gasteiger partial charge in [0.05, 0.1) is 13.2 Å². The van der Waals surface area contributed by atoms with Crippen LogP contribution in [0.3, 0.4) is 0 Å². The van der Waals surface area contributed by atoms with Crippen LogP contribution < -0.4 is 0 Å². The topological polar surface area (TPSA) is 80.3 Å². The average Bonchev–Trinajstić information content (AvgIpc) is 2.83. The van der Waals surface area contributed by atoms with Gasteiger partial charge in [-0.3, -0.25) is 9.59 Å². The van der Waals surface area contributed by atoms with Crippen LogP contribution in [-0.2, 0) is 39.9 Å². The predicted octanol–water partition coefficient (Wildman–Crippen LogP) is 4.16. The molecule has 3 rings (SSSR count). The minimum atomic E-state index is -0.844. The summed E-state index contributed by atoms with van der Waals surface area (Å²) in [4.78, 5) is 24.5. The van der Waals surface area contributed by atoms with E-state index in [0.29, 0.717) is 0 Å². The molecule has 0 spiro atoms. The molecule has 0 aliphatic carbocycles. The third-order valence-electron chi connectivity index (χ3n) is 5.03. The van der Waals surface area contributed by atoms with E-state index in [9.17, 15) is 9.59 Å². The molecule has 1 saturated heterocycles. The predicted molar refractivity (Wildman–Crippen MR) is 128 cm³/mol. The molecule has 2 aromatic carbocycles. The standard InChI is InChI=1S/C26H30O7S/c1-4-15-29-25-24(31-16-20-11-7-5-8-12-20)23(32-19(3)28)22(17-30-18(2)27)33-26(25)34-21-13-9-6-10-14-21/h4-14,22-26H,1,15-17H2,2-3H3/t22-,23-,24+,25-,26+/m1/s1. The van der Waals surface area contributed by atoms with Gasteiger partial charge in [0, 0.05) is 18.7 Å². The first-order valence-electron chi connectivity index (χ1n) is 11.0. The molecule has 1 aliphatic rings. The molecule has 182 valence electrons. The zero-order valence-electron chi connectivity index (χ0n) is 19.3. The third kappa shape index (κ3) is 7.70. The number of hydrogen-bond donors (Lipinski definition) is 0. The Bertz CT molecular complexity index is 921. The van der Waals surface area contributed by atoms with Crippen molar-refractivity contribution in [2.24, 2.45) is 0 Å². The number of esters is 2. The highest BCUT2D eigenvalue weighted by Crippen LogP contribution is 2.37. The summed E-state index contributed by atoms with van der Waals surface area (Å²) < 4.78 is 29.7. The van der Waals surface area contributed by atoms with Gasteiger partial charge in [-0.05, 0) is 17.7 Å². The third-order valence-corrected chi connectivity index (χ3v) is 6.19. The maximum atomic E-state index is 12.0. The van der Waals surface area contributed by atoms with E-state index in [1.54, 1.807) is 6.08 Å². The summed E-state index contributed by atoms with van der Waals surface area (Å²) in [5, 5.41) is 0. The molecule has 0 aromatic heterocycles. The Balaban J connectivity index is 1.93. The van der Waals surface area contributed by atoms with Crippen LogP contribution in [0.1, 0.15) is 19.4 Å². The summed E-state index contributed by atoms with van der Waals surface area (Å²) in [6.07, 6.45) is -1.21. The van der Waals surface area contributed by atoms with Gasteiger partial charge in [0.2, 0.25) is 0 Å². The number of rotatable bonds is 11.